The summed E-state index contributed by atoms with van der Waals surface area (Å²) in [5.41, 5.74) is 0. The average molecular weight is 258 g/mol. The van der Waals surface area contributed by atoms with Gasteiger partial charge in [-0.05, 0) is 0 Å². The molecule has 0 aromatic rings. The number of aliphatic imine (C=N–C) groups is 2. The molecule has 0 heterocycles. The van der Waals surface area contributed by atoms with E-state index >= 15 is 0 Å². The van der Waals surface area contributed by atoms with Crippen LogP contribution in [0.15, 0.2) is 9.98 Å². The highest BCUT2D eigenvalue weighted by atomic mass is 35.5. The molecule has 1 N–H and O–H groups in total. The lowest BCUT2D eigenvalue weighted by Gasteiger charge is -2.26. The van der Waals surface area contributed by atoms with Gasteiger partial charge in [-0.2, -0.15) is 0 Å². The van der Waals surface area contributed by atoms with Crippen LogP contribution in [0.25, 0.3) is 0 Å². The van der Waals surface area contributed by atoms with E-state index in [4.69, 9.17) is 0 Å². The Labute approximate surface area is 104 Å². The number of hydrogen-bond acceptors (Lipinski definition) is 2. The van der Waals surface area contributed by atoms with E-state index in [1.165, 1.54) is 0 Å². The van der Waals surface area contributed by atoms with Crippen molar-refractivity contribution in [2.45, 2.75) is 0 Å². The Morgan fingerprint density at radius 1 is 1.00 bits per heavy atom. The molecule has 0 amide bonds. The number of rotatable bonds is 0. The van der Waals surface area contributed by atoms with Crippen LogP contribution in [0.4, 0.5) is 0 Å². The van der Waals surface area contributed by atoms with E-state index in [1.807, 2.05) is 38.0 Å². The van der Waals surface area contributed by atoms with Crippen LogP contribution >= 0.6 is 24.8 Å². The molecule has 0 aromatic carbocycles. The van der Waals surface area contributed by atoms with Gasteiger partial charge in [-0.3, -0.25) is 14.9 Å². The van der Waals surface area contributed by atoms with E-state index in [0.29, 0.717) is 0 Å². The fourth-order valence-electron chi connectivity index (χ4n) is 1.17. The van der Waals surface area contributed by atoms with Crippen molar-refractivity contribution in [3.63, 3.8) is 0 Å². The molecule has 0 fully saturated rings. The highest BCUT2D eigenvalue weighted by molar-refractivity contribution is 5.97. The number of halogens is 2. The van der Waals surface area contributed by atoms with Crippen molar-refractivity contribution in [3.05, 3.63) is 0 Å². The van der Waals surface area contributed by atoms with Crippen molar-refractivity contribution in [1.82, 2.24) is 15.1 Å². The van der Waals surface area contributed by atoms with Crippen molar-refractivity contribution in [1.29, 1.82) is 0 Å². The summed E-state index contributed by atoms with van der Waals surface area (Å²) < 4.78 is 0. The maximum absolute atomic E-state index is 4.15. The maximum atomic E-state index is 4.15. The molecule has 0 aliphatic rings. The summed E-state index contributed by atoms with van der Waals surface area (Å²) in [6.07, 6.45) is 0. The second-order valence-electron chi connectivity index (χ2n) is 2.77. The normalized spacial score (nSPS) is 11.1. The van der Waals surface area contributed by atoms with Gasteiger partial charge in [0.2, 0.25) is 5.96 Å². The summed E-state index contributed by atoms with van der Waals surface area (Å²) in [4.78, 5) is 12.1. The number of guanidine groups is 2. The minimum absolute atomic E-state index is 0. The highest BCUT2D eigenvalue weighted by Crippen LogP contribution is 1.91. The van der Waals surface area contributed by atoms with Gasteiger partial charge in [0.05, 0.1) is 0 Å². The van der Waals surface area contributed by atoms with Crippen LogP contribution < -0.4 is 5.32 Å². The maximum Gasteiger partial charge on any atom is 0.202 e. The molecule has 0 aliphatic carbocycles. The number of nitrogens with zero attached hydrogens (tertiary/aromatic N) is 4. The van der Waals surface area contributed by atoms with Gasteiger partial charge in [0.25, 0.3) is 0 Å². The number of nitrogens with one attached hydrogen (secondary N) is 1. The van der Waals surface area contributed by atoms with Crippen LogP contribution in [0.1, 0.15) is 0 Å². The zero-order chi connectivity index (χ0) is 10.4. The highest BCUT2D eigenvalue weighted by Gasteiger charge is 2.11. The largest absolute Gasteiger partial charge is 0.359 e. The fourth-order valence-corrected chi connectivity index (χ4v) is 1.17. The summed E-state index contributed by atoms with van der Waals surface area (Å²) in [5.74, 6) is 1.64. The molecule has 0 saturated heterocycles. The molecule has 0 rings (SSSR count). The summed E-state index contributed by atoms with van der Waals surface area (Å²) >= 11 is 0. The molecule has 0 radical (unpaired) electrons. The van der Waals surface area contributed by atoms with Crippen molar-refractivity contribution in [3.8, 4) is 0 Å². The first kappa shape index (κ1) is 19.8. The second kappa shape index (κ2) is 9.86. The van der Waals surface area contributed by atoms with Gasteiger partial charge in [-0.1, -0.05) is 0 Å². The molecular formula is C8H21Cl2N5. The Morgan fingerprint density at radius 2 is 1.47 bits per heavy atom. The van der Waals surface area contributed by atoms with Crippen LogP contribution in [-0.4, -0.2) is 64.0 Å². The third-order valence-corrected chi connectivity index (χ3v) is 1.65. The van der Waals surface area contributed by atoms with E-state index in [-0.39, 0.29) is 24.8 Å². The topological polar surface area (TPSA) is 43.2 Å². The minimum atomic E-state index is 0. The van der Waals surface area contributed by atoms with Crippen molar-refractivity contribution in [2.75, 3.05) is 42.3 Å². The van der Waals surface area contributed by atoms with E-state index in [1.54, 1.807) is 14.1 Å². The Morgan fingerprint density at radius 3 is 1.67 bits per heavy atom. The summed E-state index contributed by atoms with van der Waals surface area (Å²) in [6.45, 7) is 0. The van der Waals surface area contributed by atoms with Crippen LogP contribution in [0.2, 0.25) is 0 Å². The number of hydrogen-bond donors (Lipinski definition) is 1. The molecule has 92 valence electrons. The average Bonchev–Trinajstić information content (AvgIpc) is 2.07. The van der Waals surface area contributed by atoms with Gasteiger partial charge in [-0.15, -0.1) is 24.8 Å². The summed E-state index contributed by atoms with van der Waals surface area (Å²) in [5, 5.41) is 2.99. The van der Waals surface area contributed by atoms with Gasteiger partial charge in [0.1, 0.15) is 0 Å². The van der Waals surface area contributed by atoms with Gasteiger partial charge >= 0.3 is 0 Å². The van der Waals surface area contributed by atoms with Gasteiger partial charge < -0.3 is 10.2 Å². The van der Waals surface area contributed by atoms with Crippen molar-refractivity contribution < 1.29 is 0 Å². The lowest BCUT2D eigenvalue weighted by Crippen LogP contribution is -2.46. The molecule has 0 bridgehead atoms. The molecular weight excluding hydrogens is 237 g/mol. The molecule has 0 atom stereocenters. The summed E-state index contributed by atoms with van der Waals surface area (Å²) in [7, 11) is 11.1. The van der Waals surface area contributed by atoms with Crippen molar-refractivity contribution >= 4 is 36.7 Å². The lowest BCUT2D eigenvalue weighted by atomic mass is 10.6. The first-order valence-corrected chi connectivity index (χ1v) is 4.10. The third-order valence-electron chi connectivity index (χ3n) is 1.65. The Kier molecular flexibility index (Phi) is 13.0. The Hall–Kier alpha value is -0.680. The zero-order valence-electron chi connectivity index (χ0n) is 10.1. The quantitative estimate of drug-likeness (QED) is 0.508. The molecule has 0 unspecified atom stereocenters. The predicted molar refractivity (Wildman–Crippen MR) is 71.7 cm³/mol. The van der Waals surface area contributed by atoms with E-state index in [2.05, 4.69) is 15.3 Å². The van der Waals surface area contributed by atoms with Crippen LogP contribution in [0.3, 0.4) is 0 Å². The Balaban J connectivity index is -0.000000720. The van der Waals surface area contributed by atoms with Crippen LogP contribution in [0.5, 0.6) is 0 Å². The smallest absolute Gasteiger partial charge is 0.202 e. The molecule has 15 heavy (non-hydrogen) atoms. The van der Waals surface area contributed by atoms with E-state index < -0.39 is 0 Å². The van der Waals surface area contributed by atoms with Gasteiger partial charge in [0.15, 0.2) is 5.96 Å². The van der Waals surface area contributed by atoms with Gasteiger partial charge in [-0.25, -0.2) is 0 Å². The molecule has 5 nitrogen and oxygen atoms in total. The molecule has 0 aromatic heterocycles. The van der Waals surface area contributed by atoms with E-state index in [0.717, 1.165) is 11.9 Å². The van der Waals surface area contributed by atoms with Crippen molar-refractivity contribution in [2.24, 2.45) is 9.98 Å². The molecule has 0 aliphatic heterocycles. The predicted octanol–water partition coefficient (Wildman–Crippen LogP) is 0.514. The molecule has 7 heteroatoms. The zero-order valence-corrected chi connectivity index (χ0v) is 11.7. The minimum Gasteiger partial charge on any atom is -0.359 e. The third kappa shape index (κ3) is 5.69. The Bertz CT molecular complexity index is 215. The second-order valence-corrected chi connectivity index (χ2v) is 2.77. The van der Waals surface area contributed by atoms with E-state index in [9.17, 15) is 0 Å². The first-order valence-electron chi connectivity index (χ1n) is 4.10. The monoisotopic (exact) mass is 257 g/mol. The molecule has 0 spiro atoms. The van der Waals surface area contributed by atoms with Crippen LogP contribution in [-0.2, 0) is 0 Å². The fraction of sp³-hybridized carbons (Fsp3) is 0.750. The first-order chi connectivity index (χ1) is 6.08. The standard InChI is InChI=1S/C8H19N5.2ClH/c1-9-7(10-2)13(6)8(11-3)12(4)5;;/h1-6H3,(H,9,10);2*1H. The SMILES string of the molecule is CN=C(NC)N(C)C(=NC)N(C)C.Cl.Cl. The molecule has 0 saturated carbocycles. The van der Waals surface area contributed by atoms with Crippen LogP contribution in [0, 0.1) is 0 Å². The summed E-state index contributed by atoms with van der Waals surface area (Å²) in [6, 6.07) is 0. The lowest BCUT2D eigenvalue weighted by molar-refractivity contribution is 0.523. The van der Waals surface area contributed by atoms with Gasteiger partial charge in [0, 0.05) is 42.3 Å².